The summed E-state index contributed by atoms with van der Waals surface area (Å²) >= 11 is 0. The molecule has 0 aliphatic rings. The van der Waals surface area contributed by atoms with Gasteiger partial charge in [0.2, 0.25) is 5.89 Å². The average molecular weight is 375 g/mol. The highest BCUT2D eigenvalue weighted by Crippen LogP contribution is 2.42. The van der Waals surface area contributed by atoms with Gasteiger partial charge in [-0.1, -0.05) is 36.4 Å². The molecular weight excluding hydrogens is 358 g/mol. The van der Waals surface area contributed by atoms with Crippen molar-refractivity contribution in [2.75, 3.05) is 14.2 Å². The summed E-state index contributed by atoms with van der Waals surface area (Å²) in [5.41, 5.74) is 3.16. The summed E-state index contributed by atoms with van der Waals surface area (Å²) in [4.78, 5) is 15.9. The minimum absolute atomic E-state index is 0.0658. The van der Waals surface area contributed by atoms with E-state index in [-0.39, 0.29) is 11.1 Å². The van der Waals surface area contributed by atoms with Gasteiger partial charge in [0.15, 0.2) is 5.58 Å². The van der Waals surface area contributed by atoms with Crippen LogP contribution in [-0.4, -0.2) is 30.3 Å². The fourth-order valence-electron chi connectivity index (χ4n) is 3.17. The number of para-hydroxylation sites is 1. The number of carboxylic acid groups (broad SMARTS) is 1. The molecule has 1 heterocycles. The Morgan fingerprint density at radius 3 is 2.21 bits per heavy atom. The van der Waals surface area contributed by atoms with Gasteiger partial charge in [0.25, 0.3) is 0 Å². The van der Waals surface area contributed by atoms with Gasteiger partial charge in [0.1, 0.15) is 22.6 Å². The van der Waals surface area contributed by atoms with Gasteiger partial charge in [-0.3, -0.25) is 0 Å². The molecule has 3 aromatic carbocycles. The first-order valence-corrected chi connectivity index (χ1v) is 8.57. The van der Waals surface area contributed by atoms with Gasteiger partial charge in [0.05, 0.1) is 19.8 Å². The number of aromatic carboxylic acids is 1. The number of aromatic nitrogens is 1. The quantitative estimate of drug-likeness (QED) is 0.535. The van der Waals surface area contributed by atoms with Crippen LogP contribution in [0.25, 0.3) is 33.7 Å². The molecule has 0 amide bonds. The number of rotatable bonds is 5. The SMILES string of the molecule is COc1cc(-c2nc3cccc(C(=O)O)c3o2)cc(OC)c1-c1ccccc1. The molecule has 0 atom stereocenters. The molecule has 140 valence electrons. The van der Waals surface area contributed by atoms with Gasteiger partial charge in [-0.15, -0.1) is 0 Å². The number of nitrogens with zero attached hydrogens (tertiary/aromatic N) is 1. The second kappa shape index (κ2) is 7.08. The first-order valence-electron chi connectivity index (χ1n) is 8.57. The topological polar surface area (TPSA) is 81.8 Å². The first kappa shape index (κ1) is 17.6. The van der Waals surface area contributed by atoms with E-state index >= 15 is 0 Å². The summed E-state index contributed by atoms with van der Waals surface area (Å²) in [5, 5.41) is 9.36. The Morgan fingerprint density at radius 2 is 1.61 bits per heavy atom. The highest BCUT2D eigenvalue weighted by Gasteiger charge is 2.20. The van der Waals surface area contributed by atoms with Crippen LogP contribution in [-0.2, 0) is 0 Å². The molecule has 1 aromatic heterocycles. The van der Waals surface area contributed by atoms with Gasteiger partial charge in [-0.2, -0.15) is 0 Å². The molecule has 28 heavy (non-hydrogen) atoms. The lowest BCUT2D eigenvalue weighted by Crippen LogP contribution is -1.95. The average Bonchev–Trinajstić information content (AvgIpc) is 3.17. The Balaban J connectivity index is 1.91. The van der Waals surface area contributed by atoms with Gasteiger partial charge < -0.3 is 19.0 Å². The summed E-state index contributed by atoms with van der Waals surface area (Å²) in [7, 11) is 3.17. The molecule has 0 unspecified atom stereocenters. The van der Waals surface area contributed by atoms with Crippen molar-refractivity contribution in [3.05, 3.63) is 66.2 Å². The standard InChI is InChI=1S/C22H17NO5/c1-26-17-11-14(12-18(27-2)19(17)13-7-4-3-5-8-13)21-23-16-10-6-9-15(22(24)25)20(16)28-21/h3-12H,1-2H3,(H,24,25). The van der Waals surface area contributed by atoms with E-state index in [0.29, 0.717) is 28.5 Å². The maximum absolute atomic E-state index is 11.4. The van der Waals surface area contributed by atoms with E-state index in [4.69, 9.17) is 13.9 Å². The lowest BCUT2D eigenvalue weighted by Gasteiger charge is -2.14. The Labute approximate surface area is 161 Å². The zero-order valence-corrected chi connectivity index (χ0v) is 15.3. The van der Waals surface area contributed by atoms with Crippen molar-refractivity contribution in [1.82, 2.24) is 4.98 Å². The molecule has 0 spiro atoms. The molecule has 0 saturated heterocycles. The number of methoxy groups -OCH3 is 2. The Kier molecular flexibility index (Phi) is 4.45. The third kappa shape index (κ3) is 2.95. The number of hydrogen-bond acceptors (Lipinski definition) is 5. The predicted molar refractivity (Wildman–Crippen MR) is 105 cm³/mol. The van der Waals surface area contributed by atoms with Crippen molar-refractivity contribution in [1.29, 1.82) is 0 Å². The summed E-state index contributed by atoms with van der Waals surface area (Å²) in [6.07, 6.45) is 0. The molecule has 0 saturated carbocycles. The lowest BCUT2D eigenvalue weighted by molar-refractivity contribution is 0.0698. The van der Waals surface area contributed by atoms with E-state index < -0.39 is 5.97 Å². The molecular formula is C22H17NO5. The van der Waals surface area contributed by atoms with Crippen LogP contribution < -0.4 is 9.47 Å². The van der Waals surface area contributed by atoms with E-state index in [9.17, 15) is 9.90 Å². The van der Waals surface area contributed by atoms with Crippen LogP contribution in [0.15, 0.2) is 65.1 Å². The molecule has 6 heteroatoms. The smallest absolute Gasteiger partial charge is 0.339 e. The van der Waals surface area contributed by atoms with E-state index in [1.807, 2.05) is 30.3 Å². The second-order valence-electron chi connectivity index (χ2n) is 6.10. The zero-order chi connectivity index (χ0) is 19.7. The molecule has 0 aliphatic heterocycles. The Bertz CT molecular complexity index is 1140. The van der Waals surface area contributed by atoms with Crippen molar-refractivity contribution in [3.8, 4) is 34.1 Å². The number of fused-ring (bicyclic) bond motifs is 1. The molecule has 6 nitrogen and oxygen atoms in total. The van der Waals surface area contributed by atoms with Gasteiger partial charge >= 0.3 is 5.97 Å². The molecule has 4 aromatic rings. The van der Waals surface area contributed by atoms with Gasteiger partial charge in [0, 0.05) is 5.56 Å². The van der Waals surface area contributed by atoms with Gasteiger partial charge in [-0.05, 0) is 29.8 Å². The van der Waals surface area contributed by atoms with Crippen molar-refractivity contribution in [2.45, 2.75) is 0 Å². The van der Waals surface area contributed by atoms with Crippen LogP contribution in [0.4, 0.5) is 0 Å². The minimum Gasteiger partial charge on any atom is -0.496 e. The van der Waals surface area contributed by atoms with E-state index in [1.165, 1.54) is 6.07 Å². The van der Waals surface area contributed by atoms with Crippen molar-refractivity contribution in [3.63, 3.8) is 0 Å². The van der Waals surface area contributed by atoms with E-state index in [0.717, 1.165) is 11.1 Å². The summed E-state index contributed by atoms with van der Waals surface area (Å²) in [5.74, 6) is 0.422. The molecule has 0 aliphatic carbocycles. The van der Waals surface area contributed by atoms with Crippen LogP contribution in [0.5, 0.6) is 11.5 Å². The maximum Gasteiger partial charge on any atom is 0.339 e. The van der Waals surface area contributed by atoms with Crippen molar-refractivity contribution < 1.29 is 23.8 Å². The summed E-state index contributed by atoms with van der Waals surface area (Å²) in [6, 6.07) is 18.2. The zero-order valence-electron chi connectivity index (χ0n) is 15.3. The second-order valence-corrected chi connectivity index (χ2v) is 6.10. The van der Waals surface area contributed by atoms with E-state index in [1.54, 1.807) is 38.5 Å². The highest BCUT2D eigenvalue weighted by atomic mass is 16.5. The minimum atomic E-state index is -1.07. The highest BCUT2D eigenvalue weighted by molar-refractivity contribution is 6.00. The fourth-order valence-corrected chi connectivity index (χ4v) is 3.17. The summed E-state index contributed by atoms with van der Waals surface area (Å²) in [6.45, 7) is 0. The normalized spacial score (nSPS) is 10.8. The number of benzene rings is 3. The largest absolute Gasteiger partial charge is 0.496 e. The van der Waals surface area contributed by atoms with Crippen LogP contribution in [0.1, 0.15) is 10.4 Å². The van der Waals surface area contributed by atoms with Crippen LogP contribution in [0.2, 0.25) is 0 Å². The third-order valence-electron chi connectivity index (χ3n) is 4.46. The lowest BCUT2D eigenvalue weighted by atomic mass is 10.0. The number of hydrogen-bond donors (Lipinski definition) is 1. The molecule has 0 fully saturated rings. The third-order valence-corrected chi connectivity index (χ3v) is 4.46. The summed E-state index contributed by atoms with van der Waals surface area (Å²) < 4.78 is 17.0. The van der Waals surface area contributed by atoms with Crippen molar-refractivity contribution >= 4 is 17.1 Å². The Hall–Kier alpha value is -3.80. The molecule has 4 rings (SSSR count). The fraction of sp³-hybridized carbons (Fsp3) is 0.0909. The molecule has 1 N–H and O–H groups in total. The van der Waals surface area contributed by atoms with Crippen LogP contribution in [0.3, 0.4) is 0 Å². The number of ether oxygens (including phenoxy) is 2. The van der Waals surface area contributed by atoms with Crippen LogP contribution in [0, 0.1) is 0 Å². The number of carboxylic acids is 1. The van der Waals surface area contributed by atoms with Crippen molar-refractivity contribution in [2.24, 2.45) is 0 Å². The molecule has 0 radical (unpaired) electrons. The van der Waals surface area contributed by atoms with E-state index in [2.05, 4.69) is 4.98 Å². The monoisotopic (exact) mass is 375 g/mol. The number of carbonyl (C=O) groups is 1. The maximum atomic E-state index is 11.4. The predicted octanol–water partition coefficient (Wildman–Crippen LogP) is 4.88. The van der Waals surface area contributed by atoms with Gasteiger partial charge in [-0.25, -0.2) is 9.78 Å². The Morgan fingerprint density at radius 1 is 0.929 bits per heavy atom. The first-order chi connectivity index (χ1) is 13.6. The molecule has 0 bridgehead atoms. The number of oxazole rings is 1. The van der Waals surface area contributed by atoms with Crippen LogP contribution >= 0.6 is 0 Å².